The minimum Gasteiger partial charge on any atom is -0.295 e. The number of hydrogen-bond donors (Lipinski definition) is 1. The Morgan fingerprint density at radius 3 is 2.45 bits per heavy atom. The van der Waals surface area contributed by atoms with E-state index in [-0.39, 0.29) is 5.54 Å². The lowest BCUT2D eigenvalue weighted by atomic mass is 10.0. The van der Waals surface area contributed by atoms with Crippen molar-refractivity contribution in [3.63, 3.8) is 0 Å². The van der Waals surface area contributed by atoms with Crippen molar-refractivity contribution < 1.29 is 0 Å². The van der Waals surface area contributed by atoms with E-state index in [1.807, 2.05) is 12.1 Å². The van der Waals surface area contributed by atoms with Gasteiger partial charge in [-0.15, -0.1) is 0 Å². The molecule has 0 amide bonds. The van der Waals surface area contributed by atoms with Crippen LogP contribution < -0.4 is 0 Å². The van der Waals surface area contributed by atoms with Gasteiger partial charge in [0.25, 0.3) is 0 Å². The summed E-state index contributed by atoms with van der Waals surface area (Å²) in [4.78, 5) is 0. The number of aromatic nitrogens is 3. The minimum atomic E-state index is -0.106. The monoisotopic (exact) mass is 283 g/mol. The first-order valence-corrected chi connectivity index (χ1v) is 7.05. The Labute approximate surface area is 123 Å². The molecule has 1 aromatic heterocycles. The number of nitrogens with zero attached hydrogens (tertiary/aromatic N) is 2. The number of fused-ring (bicyclic) bond motifs is 1. The van der Waals surface area contributed by atoms with Gasteiger partial charge in [0.05, 0.1) is 0 Å². The summed E-state index contributed by atoms with van der Waals surface area (Å²) in [6, 6.07) is 14.7. The highest BCUT2D eigenvalue weighted by atomic mass is 32.1. The average Bonchev–Trinajstić information content (AvgIpc) is 2.80. The lowest BCUT2D eigenvalue weighted by molar-refractivity contribution is 0.395. The maximum absolute atomic E-state index is 5.36. The molecule has 0 spiro atoms. The van der Waals surface area contributed by atoms with E-state index in [0.29, 0.717) is 4.77 Å². The number of benzene rings is 2. The summed E-state index contributed by atoms with van der Waals surface area (Å²) in [5.74, 6) is 0.883. The second-order valence-electron chi connectivity index (χ2n) is 5.92. The summed E-state index contributed by atoms with van der Waals surface area (Å²) in [5, 5.41) is 9.75. The van der Waals surface area contributed by atoms with Gasteiger partial charge in [0.2, 0.25) is 0 Å². The number of rotatable bonds is 1. The van der Waals surface area contributed by atoms with E-state index in [2.05, 4.69) is 65.9 Å². The molecule has 0 saturated carbocycles. The van der Waals surface area contributed by atoms with Crippen molar-refractivity contribution in [1.82, 2.24) is 14.8 Å². The zero-order valence-electron chi connectivity index (χ0n) is 11.8. The molecule has 102 valence electrons. The molecule has 0 unspecified atom stereocenters. The summed E-state index contributed by atoms with van der Waals surface area (Å²) < 4.78 is 2.72. The van der Waals surface area contributed by atoms with Gasteiger partial charge in [-0.2, -0.15) is 5.10 Å². The molecule has 0 aliphatic heterocycles. The van der Waals surface area contributed by atoms with Crippen molar-refractivity contribution in [3.8, 4) is 11.4 Å². The molecule has 3 nitrogen and oxygen atoms in total. The van der Waals surface area contributed by atoms with Gasteiger partial charge in [-0.3, -0.25) is 9.67 Å². The van der Waals surface area contributed by atoms with E-state index in [4.69, 9.17) is 12.2 Å². The molecule has 0 atom stereocenters. The van der Waals surface area contributed by atoms with Crippen molar-refractivity contribution in [2.24, 2.45) is 0 Å². The highest BCUT2D eigenvalue weighted by molar-refractivity contribution is 7.71. The fourth-order valence-corrected chi connectivity index (χ4v) is 2.85. The van der Waals surface area contributed by atoms with Crippen molar-refractivity contribution in [3.05, 3.63) is 47.2 Å². The van der Waals surface area contributed by atoms with E-state index in [1.54, 1.807) is 0 Å². The highest BCUT2D eigenvalue weighted by Gasteiger charge is 2.20. The van der Waals surface area contributed by atoms with Crippen molar-refractivity contribution in [2.75, 3.05) is 0 Å². The summed E-state index contributed by atoms with van der Waals surface area (Å²) in [7, 11) is 0. The number of H-pyrrole nitrogens is 1. The van der Waals surface area contributed by atoms with Gasteiger partial charge >= 0.3 is 0 Å². The maximum Gasteiger partial charge on any atom is 0.195 e. The lowest BCUT2D eigenvalue weighted by Crippen LogP contribution is -2.22. The molecule has 2 aromatic carbocycles. The largest absolute Gasteiger partial charge is 0.295 e. The molecule has 0 aliphatic rings. The first-order valence-electron chi connectivity index (χ1n) is 6.64. The molecule has 1 N–H and O–H groups in total. The predicted molar refractivity (Wildman–Crippen MR) is 85.3 cm³/mol. The van der Waals surface area contributed by atoms with Crippen LogP contribution in [0.15, 0.2) is 42.5 Å². The van der Waals surface area contributed by atoms with Crippen molar-refractivity contribution in [1.29, 1.82) is 0 Å². The Balaban J connectivity index is 2.24. The second-order valence-corrected chi connectivity index (χ2v) is 6.31. The Morgan fingerprint density at radius 2 is 1.75 bits per heavy atom. The van der Waals surface area contributed by atoms with Crippen molar-refractivity contribution in [2.45, 2.75) is 26.3 Å². The van der Waals surface area contributed by atoms with Crippen LogP contribution in [-0.2, 0) is 5.54 Å². The normalized spacial score (nSPS) is 11.9. The third kappa shape index (κ3) is 2.16. The molecule has 3 rings (SSSR count). The van der Waals surface area contributed by atoms with Gasteiger partial charge in [-0.05, 0) is 49.8 Å². The molecule has 0 saturated heterocycles. The van der Waals surface area contributed by atoms with Crippen LogP contribution >= 0.6 is 12.2 Å². The lowest BCUT2D eigenvalue weighted by Gasteiger charge is -2.22. The Hall–Kier alpha value is -1.94. The molecule has 0 radical (unpaired) electrons. The minimum absolute atomic E-state index is 0.106. The van der Waals surface area contributed by atoms with Crippen LogP contribution in [0.25, 0.3) is 22.2 Å². The Bertz CT molecular complexity index is 821. The van der Waals surface area contributed by atoms with E-state index in [9.17, 15) is 0 Å². The Kier molecular flexibility index (Phi) is 2.98. The van der Waals surface area contributed by atoms with Gasteiger partial charge in [0.15, 0.2) is 10.6 Å². The van der Waals surface area contributed by atoms with Gasteiger partial charge < -0.3 is 0 Å². The van der Waals surface area contributed by atoms with Crippen LogP contribution in [0.4, 0.5) is 0 Å². The highest BCUT2D eigenvalue weighted by Crippen LogP contribution is 2.27. The molecule has 4 heteroatoms. The van der Waals surface area contributed by atoms with Crippen LogP contribution in [0, 0.1) is 4.77 Å². The first kappa shape index (κ1) is 13.1. The first-order chi connectivity index (χ1) is 9.47. The van der Waals surface area contributed by atoms with Gasteiger partial charge in [0, 0.05) is 11.1 Å². The number of aromatic amines is 1. The summed E-state index contributed by atoms with van der Waals surface area (Å²) >= 11 is 5.36. The molecule has 0 aliphatic carbocycles. The predicted octanol–water partition coefficient (Wildman–Crippen LogP) is 4.52. The van der Waals surface area contributed by atoms with E-state index < -0.39 is 0 Å². The van der Waals surface area contributed by atoms with Crippen molar-refractivity contribution >= 4 is 23.0 Å². The molecule has 3 aromatic rings. The third-order valence-corrected chi connectivity index (χ3v) is 3.62. The van der Waals surface area contributed by atoms with Crippen LogP contribution in [0.2, 0.25) is 0 Å². The molecule has 20 heavy (non-hydrogen) atoms. The van der Waals surface area contributed by atoms with Crippen LogP contribution in [-0.4, -0.2) is 14.8 Å². The zero-order chi connectivity index (χ0) is 14.3. The number of hydrogen-bond acceptors (Lipinski definition) is 2. The zero-order valence-corrected chi connectivity index (χ0v) is 12.7. The maximum atomic E-state index is 5.36. The number of nitrogens with one attached hydrogen (secondary N) is 1. The van der Waals surface area contributed by atoms with Gasteiger partial charge in [-0.25, -0.2) is 0 Å². The smallest absolute Gasteiger partial charge is 0.195 e. The van der Waals surface area contributed by atoms with Gasteiger partial charge in [0.1, 0.15) is 0 Å². The molecule has 1 heterocycles. The van der Waals surface area contributed by atoms with Crippen LogP contribution in [0.5, 0.6) is 0 Å². The molecule has 0 bridgehead atoms. The Morgan fingerprint density at radius 1 is 1.05 bits per heavy atom. The van der Waals surface area contributed by atoms with Crippen LogP contribution in [0.3, 0.4) is 0 Å². The molecular weight excluding hydrogens is 266 g/mol. The quantitative estimate of drug-likeness (QED) is 0.666. The standard InChI is InChI=1S/C16H17N3S/c1-16(2,3)19-14(17-18-15(19)20)13-9-8-11-6-4-5-7-12(11)10-13/h4-10H,1-3H3,(H,18,20). The fraction of sp³-hybridized carbons (Fsp3) is 0.250. The molecular formula is C16H17N3S. The van der Waals surface area contributed by atoms with E-state index in [1.165, 1.54) is 10.8 Å². The molecule has 0 fully saturated rings. The average molecular weight is 283 g/mol. The summed E-state index contributed by atoms with van der Waals surface area (Å²) in [6.07, 6.45) is 0. The van der Waals surface area contributed by atoms with E-state index >= 15 is 0 Å². The summed E-state index contributed by atoms with van der Waals surface area (Å²) in [6.45, 7) is 6.38. The van der Waals surface area contributed by atoms with E-state index in [0.717, 1.165) is 11.4 Å². The third-order valence-electron chi connectivity index (χ3n) is 3.35. The topological polar surface area (TPSA) is 33.6 Å². The summed E-state index contributed by atoms with van der Waals surface area (Å²) in [5.41, 5.74) is 0.969. The van der Waals surface area contributed by atoms with Crippen LogP contribution in [0.1, 0.15) is 20.8 Å². The SMILES string of the molecule is CC(C)(C)n1c(-c2ccc3ccccc3c2)n[nH]c1=S. The van der Waals surface area contributed by atoms with Gasteiger partial charge in [-0.1, -0.05) is 36.4 Å². The fourth-order valence-electron chi connectivity index (χ4n) is 2.44. The second kappa shape index (κ2) is 4.56.